The third-order valence-corrected chi connectivity index (χ3v) is 3.96. The maximum atomic E-state index is 10.9. The van der Waals surface area contributed by atoms with Crippen LogP contribution in [0.15, 0.2) is 24.3 Å². The van der Waals surface area contributed by atoms with Crippen molar-refractivity contribution in [2.45, 2.75) is 27.3 Å². The van der Waals surface area contributed by atoms with Crippen molar-refractivity contribution in [2.75, 3.05) is 0 Å². The first-order valence-corrected chi connectivity index (χ1v) is 6.66. The van der Waals surface area contributed by atoms with E-state index in [1.807, 2.05) is 19.1 Å². The fourth-order valence-electron chi connectivity index (χ4n) is 1.72. The number of carbonyl (C=O) groups excluding carboxylic acids is 1. The highest BCUT2D eigenvalue weighted by molar-refractivity contribution is 7.15. The van der Waals surface area contributed by atoms with Gasteiger partial charge in [-0.05, 0) is 19.4 Å². The number of benzene rings is 1. The first-order chi connectivity index (χ1) is 8.58. The van der Waals surface area contributed by atoms with Gasteiger partial charge in [-0.25, -0.2) is 4.98 Å². The van der Waals surface area contributed by atoms with Crippen molar-refractivity contribution in [2.24, 2.45) is 0 Å². The van der Waals surface area contributed by atoms with Crippen LogP contribution in [-0.2, 0) is 11.3 Å². The molecule has 1 heterocycles. The third kappa shape index (κ3) is 2.76. The number of nitrogens with zero attached hydrogens (tertiary/aromatic N) is 1. The maximum Gasteiger partial charge on any atom is 0.217 e. The van der Waals surface area contributed by atoms with Gasteiger partial charge in [0.05, 0.1) is 12.2 Å². The van der Waals surface area contributed by atoms with Gasteiger partial charge in [0.15, 0.2) is 0 Å². The van der Waals surface area contributed by atoms with E-state index in [2.05, 4.69) is 29.4 Å². The molecule has 1 aromatic carbocycles. The standard InChI is InChI=1S/C14H16N2OS/c1-9-6-4-5-7-12(9)14-16-10(2)13(18-14)8-15-11(3)17/h4-7H,8H2,1-3H3,(H,15,17). The van der Waals surface area contributed by atoms with E-state index in [9.17, 15) is 4.79 Å². The largest absolute Gasteiger partial charge is 0.351 e. The van der Waals surface area contributed by atoms with Crippen molar-refractivity contribution in [1.29, 1.82) is 0 Å². The van der Waals surface area contributed by atoms with Crippen LogP contribution in [0.5, 0.6) is 0 Å². The fourth-order valence-corrected chi connectivity index (χ4v) is 2.82. The highest BCUT2D eigenvalue weighted by Crippen LogP contribution is 2.29. The summed E-state index contributed by atoms with van der Waals surface area (Å²) >= 11 is 1.64. The smallest absolute Gasteiger partial charge is 0.217 e. The summed E-state index contributed by atoms with van der Waals surface area (Å²) in [5.74, 6) is -0.0137. The number of nitrogens with one attached hydrogen (secondary N) is 1. The Bertz CT molecular complexity index is 575. The molecule has 0 spiro atoms. The van der Waals surface area contributed by atoms with Crippen LogP contribution in [0.25, 0.3) is 10.6 Å². The van der Waals surface area contributed by atoms with Gasteiger partial charge in [-0.2, -0.15) is 0 Å². The van der Waals surface area contributed by atoms with Crippen molar-refractivity contribution in [3.8, 4) is 10.6 Å². The number of hydrogen-bond acceptors (Lipinski definition) is 3. The second kappa shape index (κ2) is 5.31. The van der Waals surface area contributed by atoms with E-state index in [0.29, 0.717) is 6.54 Å². The quantitative estimate of drug-likeness (QED) is 0.921. The zero-order valence-electron chi connectivity index (χ0n) is 10.8. The Morgan fingerprint density at radius 2 is 2.06 bits per heavy atom. The lowest BCUT2D eigenvalue weighted by Gasteiger charge is -2.00. The van der Waals surface area contributed by atoms with E-state index in [1.165, 1.54) is 18.1 Å². The minimum Gasteiger partial charge on any atom is -0.351 e. The summed E-state index contributed by atoms with van der Waals surface area (Å²) in [7, 11) is 0. The molecule has 0 atom stereocenters. The van der Waals surface area contributed by atoms with Gasteiger partial charge in [0.1, 0.15) is 5.01 Å². The Balaban J connectivity index is 2.29. The number of thiazole rings is 1. The van der Waals surface area contributed by atoms with Crippen LogP contribution in [0.1, 0.15) is 23.1 Å². The van der Waals surface area contributed by atoms with Crippen LogP contribution < -0.4 is 5.32 Å². The number of rotatable bonds is 3. The number of hydrogen-bond donors (Lipinski definition) is 1. The molecule has 0 aliphatic carbocycles. The molecule has 0 saturated heterocycles. The van der Waals surface area contributed by atoms with Crippen LogP contribution in [0.3, 0.4) is 0 Å². The van der Waals surface area contributed by atoms with E-state index >= 15 is 0 Å². The molecule has 0 aliphatic rings. The van der Waals surface area contributed by atoms with Gasteiger partial charge >= 0.3 is 0 Å². The first kappa shape index (κ1) is 12.8. The molecule has 0 radical (unpaired) electrons. The summed E-state index contributed by atoms with van der Waals surface area (Å²) in [6.45, 7) is 6.15. The molecule has 2 aromatic rings. The molecule has 0 saturated carbocycles. The lowest BCUT2D eigenvalue weighted by Crippen LogP contribution is -2.18. The molecule has 1 N–H and O–H groups in total. The number of amides is 1. The average Bonchev–Trinajstić information content (AvgIpc) is 2.68. The van der Waals surface area contributed by atoms with Crippen molar-refractivity contribution in [3.05, 3.63) is 40.4 Å². The van der Waals surface area contributed by atoms with Crippen LogP contribution in [-0.4, -0.2) is 10.9 Å². The minimum atomic E-state index is -0.0137. The molecule has 1 aromatic heterocycles. The van der Waals surface area contributed by atoms with E-state index in [0.717, 1.165) is 15.6 Å². The molecule has 4 heteroatoms. The first-order valence-electron chi connectivity index (χ1n) is 5.84. The predicted octanol–water partition coefficient (Wildman–Crippen LogP) is 3.06. The summed E-state index contributed by atoms with van der Waals surface area (Å²) in [5.41, 5.74) is 3.38. The summed E-state index contributed by atoms with van der Waals surface area (Å²) in [5, 5.41) is 3.83. The number of aromatic nitrogens is 1. The molecule has 2 rings (SSSR count). The van der Waals surface area contributed by atoms with E-state index in [-0.39, 0.29) is 5.91 Å². The van der Waals surface area contributed by atoms with Crippen molar-refractivity contribution >= 4 is 17.2 Å². The van der Waals surface area contributed by atoms with Crippen LogP contribution in [0.4, 0.5) is 0 Å². The molecule has 0 aliphatic heterocycles. The maximum absolute atomic E-state index is 10.9. The fraction of sp³-hybridized carbons (Fsp3) is 0.286. The van der Waals surface area contributed by atoms with Gasteiger partial charge in [0, 0.05) is 17.4 Å². The van der Waals surface area contributed by atoms with Crippen molar-refractivity contribution in [3.63, 3.8) is 0 Å². The van der Waals surface area contributed by atoms with E-state index in [1.54, 1.807) is 11.3 Å². The summed E-state index contributed by atoms with van der Waals surface area (Å²) < 4.78 is 0. The average molecular weight is 260 g/mol. The zero-order chi connectivity index (χ0) is 13.1. The molecule has 1 amide bonds. The molecule has 94 valence electrons. The van der Waals surface area contributed by atoms with E-state index < -0.39 is 0 Å². The van der Waals surface area contributed by atoms with Gasteiger partial charge in [0.25, 0.3) is 0 Å². The summed E-state index contributed by atoms with van der Waals surface area (Å²) in [6, 6.07) is 8.21. The number of carbonyl (C=O) groups is 1. The molecular formula is C14H16N2OS. The molecule has 0 unspecified atom stereocenters. The van der Waals surface area contributed by atoms with Gasteiger partial charge in [-0.3, -0.25) is 4.79 Å². The zero-order valence-corrected chi connectivity index (χ0v) is 11.6. The second-order valence-corrected chi connectivity index (χ2v) is 5.34. The van der Waals surface area contributed by atoms with Crippen molar-refractivity contribution in [1.82, 2.24) is 10.3 Å². The molecule has 18 heavy (non-hydrogen) atoms. The topological polar surface area (TPSA) is 42.0 Å². The minimum absolute atomic E-state index is 0.0137. The Morgan fingerprint density at radius 3 is 2.72 bits per heavy atom. The Labute approximate surface area is 111 Å². The Morgan fingerprint density at radius 1 is 1.33 bits per heavy atom. The van der Waals surface area contributed by atoms with E-state index in [4.69, 9.17) is 0 Å². The predicted molar refractivity (Wildman–Crippen MR) is 74.5 cm³/mol. The molecule has 3 nitrogen and oxygen atoms in total. The Kier molecular flexibility index (Phi) is 3.77. The molecule has 0 fully saturated rings. The van der Waals surface area contributed by atoms with Gasteiger partial charge in [-0.15, -0.1) is 11.3 Å². The monoisotopic (exact) mass is 260 g/mol. The summed E-state index contributed by atoms with van der Waals surface area (Å²) in [6.07, 6.45) is 0. The van der Waals surface area contributed by atoms with Gasteiger partial charge in [-0.1, -0.05) is 24.3 Å². The summed E-state index contributed by atoms with van der Waals surface area (Å²) in [4.78, 5) is 16.6. The highest BCUT2D eigenvalue weighted by atomic mass is 32.1. The van der Waals surface area contributed by atoms with Crippen molar-refractivity contribution < 1.29 is 4.79 Å². The van der Waals surface area contributed by atoms with Gasteiger partial charge < -0.3 is 5.32 Å². The Hall–Kier alpha value is -1.68. The SMILES string of the molecule is CC(=O)NCc1sc(-c2ccccc2C)nc1C. The van der Waals surface area contributed by atoms with Crippen LogP contribution >= 0.6 is 11.3 Å². The lowest BCUT2D eigenvalue weighted by molar-refractivity contribution is -0.119. The van der Waals surface area contributed by atoms with Crippen LogP contribution in [0, 0.1) is 13.8 Å². The second-order valence-electron chi connectivity index (χ2n) is 4.25. The van der Waals surface area contributed by atoms with Gasteiger partial charge in [0.2, 0.25) is 5.91 Å². The molecular weight excluding hydrogens is 244 g/mol. The normalized spacial score (nSPS) is 10.4. The third-order valence-electron chi connectivity index (χ3n) is 2.77. The lowest BCUT2D eigenvalue weighted by atomic mass is 10.1. The highest BCUT2D eigenvalue weighted by Gasteiger charge is 2.10. The van der Waals surface area contributed by atoms with Crippen LogP contribution in [0.2, 0.25) is 0 Å². The number of aryl methyl sites for hydroxylation is 2. The molecule has 0 bridgehead atoms.